The van der Waals surface area contributed by atoms with Crippen LogP contribution in [0.3, 0.4) is 0 Å². The molecule has 2 heterocycles. The van der Waals surface area contributed by atoms with Crippen molar-refractivity contribution in [2.24, 2.45) is 5.73 Å². The molecular weight excluding hydrogens is 304 g/mol. The quantitative estimate of drug-likeness (QED) is 0.597. The van der Waals surface area contributed by atoms with E-state index in [1.807, 2.05) is 12.1 Å². The summed E-state index contributed by atoms with van der Waals surface area (Å²) in [5, 5.41) is 3.13. The largest absolute Gasteiger partial charge is 0.354 e. The maximum absolute atomic E-state index is 12.3. The standard InChI is InChI=1S/C17H22N6O/c1-11-5-3-6-13(12(11)2)10-23-15-14(21-17(23)24)9-20-16(22-15)19-8-4-7-18/h3,5-6,9H,4,7-8,10,18H2,1-2H3,(H,21,24)(H,19,20,22). The van der Waals surface area contributed by atoms with Crippen molar-refractivity contribution in [3.8, 4) is 0 Å². The maximum atomic E-state index is 12.3. The summed E-state index contributed by atoms with van der Waals surface area (Å²) in [7, 11) is 0. The third-order valence-corrected chi connectivity index (χ3v) is 4.22. The van der Waals surface area contributed by atoms with E-state index in [4.69, 9.17) is 5.73 Å². The summed E-state index contributed by atoms with van der Waals surface area (Å²) < 4.78 is 1.65. The van der Waals surface area contributed by atoms with E-state index in [0.29, 0.717) is 36.7 Å². The molecule has 0 saturated heterocycles. The van der Waals surface area contributed by atoms with Gasteiger partial charge in [-0.05, 0) is 43.5 Å². The highest BCUT2D eigenvalue weighted by Gasteiger charge is 2.12. The average Bonchev–Trinajstić information content (AvgIpc) is 2.87. The van der Waals surface area contributed by atoms with Gasteiger partial charge < -0.3 is 16.0 Å². The van der Waals surface area contributed by atoms with E-state index >= 15 is 0 Å². The van der Waals surface area contributed by atoms with Gasteiger partial charge in [0, 0.05) is 6.54 Å². The number of imidazole rings is 1. The van der Waals surface area contributed by atoms with Gasteiger partial charge in [-0.3, -0.25) is 4.57 Å². The Labute approximate surface area is 139 Å². The highest BCUT2D eigenvalue weighted by Crippen LogP contribution is 2.16. The lowest BCUT2D eigenvalue weighted by atomic mass is 10.0. The molecule has 0 aliphatic rings. The van der Waals surface area contributed by atoms with Gasteiger partial charge in [0.25, 0.3) is 0 Å². The lowest BCUT2D eigenvalue weighted by Gasteiger charge is -2.09. The Morgan fingerprint density at radius 2 is 2.17 bits per heavy atom. The summed E-state index contributed by atoms with van der Waals surface area (Å²) in [4.78, 5) is 23.8. The van der Waals surface area contributed by atoms with Crippen molar-refractivity contribution in [1.29, 1.82) is 0 Å². The number of nitrogens with two attached hydrogens (primary N) is 1. The molecule has 1 aromatic carbocycles. The molecule has 0 bridgehead atoms. The van der Waals surface area contributed by atoms with Gasteiger partial charge in [-0.25, -0.2) is 9.78 Å². The van der Waals surface area contributed by atoms with E-state index in [9.17, 15) is 4.79 Å². The number of anilines is 1. The Morgan fingerprint density at radius 1 is 1.33 bits per heavy atom. The van der Waals surface area contributed by atoms with Gasteiger partial charge in [-0.1, -0.05) is 18.2 Å². The fourth-order valence-corrected chi connectivity index (χ4v) is 2.63. The Kier molecular flexibility index (Phi) is 4.61. The van der Waals surface area contributed by atoms with Crippen LogP contribution in [0.4, 0.5) is 5.95 Å². The summed E-state index contributed by atoms with van der Waals surface area (Å²) in [5.74, 6) is 0.504. The number of aryl methyl sites for hydroxylation is 1. The van der Waals surface area contributed by atoms with Crippen LogP contribution in [0.25, 0.3) is 11.2 Å². The third kappa shape index (κ3) is 3.16. The number of hydrogen-bond acceptors (Lipinski definition) is 5. The Bertz CT molecular complexity index is 911. The van der Waals surface area contributed by atoms with Crippen LogP contribution >= 0.6 is 0 Å². The lowest BCUT2D eigenvalue weighted by molar-refractivity contribution is 0.771. The highest BCUT2D eigenvalue weighted by atomic mass is 16.1. The molecule has 126 valence electrons. The van der Waals surface area contributed by atoms with E-state index in [1.165, 1.54) is 11.1 Å². The SMILES string of the molecule is Cc1cccc(Cn2c(=O)[nH]c3cnc(NCCCN)nc32)c1C. The van der Waals surface area contributed by atoms with E-state index in [-0.39, 0.29) is 5.69 Å². The van der Waals surface area contributed by atoms with Gasteiger partial charge in [0.1, 0.15) is 5.52 Å². The predicted octanol–water partition coefficient (Wildman–Crippen LogP) is 1.55. The molecule has 0 fully saturated rings. The monoisotopic (exact) mass is 326 g/mol. The first kappa shape index (κ1) is 16.2. The number of nitrogens with zero attached hydrogens (tertiary/aromatic N) is 3. The Balaban J connectivity index is 1.97. The molecule has 0 amide bonds. The van der Waals surface area contributed by atoms with Crippen molar-refractivity contribution in [3.63, 3.8) is 0 Å². The van der Waals surface area contributed by atoms with Crippen LogP contribution in [0.5, 0.6) is 0 Å². The first-order valence-electron chi connectivity index (χ1n) is 8.04. The van der Waals surface area contributed by atoms with Crippen molar-refractivity contribution in [1.82, 2.24) is 19.5 Å². The second-order valence-electron chi connectivity index (χ2n) is 5.88. The lowest BCUT2D eigenvalue weighted by Crippen LogP contribution is -2.18. The number of benzene rings is 1. The van der Waals surface area contributed by atoms with Gasteiger partial charge >= 0.3 is 5.69 Å². The normalized spacial score (nSPS) is 11.1. The first-order valence-corrected chi connectivity index (χ1v) is 8.04. The van der Waals surface area contributed by atoms with Gasteiger partial charge in [-0.15, -0.1) is 0 Å². The van der Waals surface area contributed by atoms with Gasteiger partial charge in [0.05, 0.1) is 12.7 Å². The molecule has 7 heteroatoms. The van der Waals surface area contributed by atoms with Gasteiger partial charge in [0.2, 0.25) is 5.95 Å². The molecule has 0 aliphatic carbocycles. The molecule has 4 N–H and O–H groups in total. The predicted molar refractivity (Wildman–Crippen MR) is 95.3 cm³/mol. The van der Waals surface area contributed by atoms with E-state index in [0.717, 1.165) is 12.0 Å². The van der Waals surface area contributed by atoms with Crippen LogP contribution in [0, 0.1) is 13.8 Å². The number of rotatable bonds is 6. The second-order valence-corrected chi connectivity index (χ2v) is 5.88. The number of aromatic amines is 1. The van der Waals surface area contributed by atoms with Crippen molar-refractivity contribution >= 4 is 17.1 Å². The van der Waals surface area contributed by atoms with Crippen LogP contribution in [0.15, 0.2) is 29.2 Å². The summed E-state index contributed by atoms with van der Waals surface area (Å²) in [6.07, 6.45) is 2.47. The van der Waals surface area contributed by atoms with Crippen molar-refractivity contribution in [2.75, 3.05) is 18.4 Å². The van der Waals surface area contributed by atoms with E-state index in [2.05, 4.69) is 40.2 Å². The van der Waals surface area contributed by atoms with Crippen LogP contribution in [-0.2, 0) is 6.54 Å². The minimum absolute atomic E-state index is 0.181. The molecule has 0 aliphatic heterocycles. The topological polar surface area (TPSA) is 102 Å². The summed E-state index contributed by atoms with van der Waals surface area (Å²) in [6.45, 7) is 5.92. The molecule has 24 heavy (non-hydrogen) atoms. The van der Waals surface area contributed by atoms with Crippen molar-refractivity contribution in [3.05, 3.63) is 51.6 Å². The van der Waals surface area contributed by atoms with Crippen LogP contribution in [0.2, 0.25) is 0 Å². The zero-order chi connectivity index (χ0) is 17.1. The minimum Gasteiger partial charge on any atom is -0.354 e. The molecule has 3 rings (SSSR count). The average molecular weight is 326 g/mol. The molecule has 0 radical (unpaired) electrons. The molecule has 0 spiro atoms. The smallest absolute Gasteiger partial charge is 0.328 e. The maximum Gasteiger partial charge on any atom is 0.328 e. The van der Waals surface area contributed by atoms with Crippen LogP contribution in [0.1, 0.15) is 23.1 Å². The Morgan fingerprint density at radius 3 is 2.96 bits per heavy atom. The van der Waals surface area contributed by atoms with Gasteiger partial charge in [-0.2, -0.15) is 4.98 Å². The highest BCUT2D eigenvalue weighted by molar-refractivity contribution is 5.71. The number of nitrogens with one attached hydrogen (secondary N) is 2. The first-order chi connectivity index (χ1) is 11.6. The summed E-state index contributed by atoms with van der Waals surface area (Å²) in [5.41, 5.74) is 10.0. The number of aromatic nitrogens is 4. The number of hydrogen-bond donors (Lipinski definition) is 3. The van der Waals surface area contributed by atoms with Crippen LogP contribution < -0.4 is 16.7 Å². The molecule has 0 saturated carbocycles. The Hall–Kier alpha value is -2.67. The molecule has 0 unspecified atom stereocenters. The zero-order valence-electron chi connectivity index (χ0n) is 14.0. The van der Waals surface area contributed by atoms with Crippen molar-refractivity contribution in [2.45, 2.75) is 26.8 Å². The number of H-pyrrole nitrogens is 1. The van der Waals surface area contributed by atoms with E-state index in [1.54, 1.807) is 10.8 Å². The third-order valence-electron chi connectivity index (χ3n) is 4.22. The zero-order valence-corrected chi connectivity index (χ0v) is 14.0. The molecule has 3 aromatic rings. The van der Waals surface area contributed by atoms with E-state index < -0.39 is 0 Å². The van der Waals surface area contributed by atoms with Crippen LogP contribution in [-0.4, -0.2) is 32.6 Å². The second kappa shape index (κ2) is 6.84. The molecular formula is C17H22N6O. The van der Waals surface area contributed by atoms with Gasteiger partial charge in [0.15, 0.2) is 5.65 Å². The summed E-state index contributed by atoms with van der Waals surface area (Å²) >= 11 is 0. The minimum atomic E-state index is -0.181. The number of fused-ring (bicyclic) bond motifs is 1. The molecule has 2 aromatic heterocycles. The molecule has 7 nitrogen and oxygen atoms in total. The van der Waals surface area contributed by atoms with Crippen molar-refractivity contribution < 1.29 is 0 Å². The summed E-state index contributed by atoms with van der Waals surface area (Å²) in [6, 6.07) is 6.11. The fourth-order valence-electron chi connectivity index (χ4n) is 2.63. The molecule has 0 atom stereocenters. The fraction of sp³-hybridized carbons (Fsp3) is 0.353.